The lowest BCUT2D eigenvalue weighted by Crippen LogP contribution is -2.71. The Morgan fingerprint density at radius 1 is 1.19 bits per heavy atom. The molecular weight excluding hydrogens is 434 g/mol. The van der Waals surface area contributed by atoms with Crippen molar-refractivity contribution in [1.82, 2.24) is 10.2 Å². The third kappa shape index (κ3) is 4.61. The van der Waals surface area contributed by atoms with Crippen LogP contribution in [0.3, 0.4) is 0 Å². The largest absolute Gasteiger partial charge is 0.427 e. The SMILES string of the molecule is CC(C)(C)C(=O)OCOC(=O)[C@@H]1N2C(=O)[C@@H](NC(=O)[C@@H](N)c3ccccc3)[C@H]2SC1(C)C. The maximum atomic E-state index is 12.8. The molecule has 0 spiro atoms. The minimum atomic E-state index is -0.907. The second kappa shape index (κ2) is 8.74. The van der Waals surface area contributed by atoms with Crippen molar-refractivity contribution in [2.45, 2.75) is 62.9 Å². The molecule has 174 valence electrons. The zero-order chi connectivity index (χ0) is 23.8. The molecule has 0 radical (unpaired) electrons. The third-order valence-corrected chi connectivity index (χ3v) is 6.98. The topological polar surface area (TPSA) is 128 Å². The number of esters is 2. The summed E-state index contributed by atoms with van der Waals surface area (Å²) >= 11 is 1.40. The lowest BCUT2D eigenvalue weighted by Gasteiger charge is -2.44. The fourth-order valence-corrected chi connectivity index (χ4v) is 5.24. The molecular formula is C22H29N3O6S. The molecule has 3 rings (SSSR count). The molecule has 4 atom stereocenters. The summed E-state index contributed by atoms with van der Waals surface area (Å²) < 4.78 is 9.47. The first kappa shape index (κ1) is 24.1. The third-order valence-electron chi connectivity index (χ3n) is 5.41. The molecule has 0 bridgehead atoms. The van der Waals surface area contributed by atoms with Gasteiger partial charge in [0.05, 0.1) is 5.41 Å². The van der Waals surface area contributed by atoms with Gasteiger partial charge in [0.25, 0.3) is 0 Å². The van der Waals surface area contributed by atoms with E-state index in [1.807, 2.05) is 19.9 Å². The summed E-state index contributed by atoms with van der Waals surface area (Å²) in [5.41, 5.74) is 5.94. The molecule has 2 heterocycles. The Bertz CT molecular complexity index is 914. The first-order valence-corrected chi connectivity index (χ1v) is 11.2. The minimum absolute atomic E-state index is 0.379. The van der Waals surface area contributed by atoms with Crippen molar-refractivity contribution < 1.29 is 28.7 Å². The number of hydrogen-bond acceptors (Lipinski definition) is 8. The van der Waals surface area contributed by atoms with E-state index in [0.717, 1.165) is 0 Å². The first-order valence-electron chi connectivity index (χ1n) is 10.3. The molecule has 2 amide bonds. The monoisotopic (exact) mass is 463 g/mol. The van der Waals surface area contributed by atoms with E-state index in [-0.39, 0.29) is 5.91 Å². The summed E-state index contributed by atoms with van der Waals surface area (Å²) in [4.78, 5) is 51.4. The summed E-state index contributed by atoms with van der Waals surface area (Å²) in [7, 11) is 0. The van der Waals surface area contributed by atoms with Gasteiger partial charge in [0.1, 0.15) is 23.5 Å². The maximum absolute atomic E-state index is 12.8. The van der Waals surface area contributed by atoms with Crippen LogP contribution in [0.25, 0.3) is 0 Å². The van der Waals surface area contributed by atoms with Crippen LogP contribution in [-0.4, -0.2) is 57.7 Å². The number of carbonyl (C=O) groups is 4. The normalized spacial score (nSPS) is 24.8. The smallest absolute Gasteiger partial charge is 0.333 e. The highest BCUT2D eigenvalue weighted by atomic mass is 32.2. The van der Waals surface area contributed by atoms with Gasteiger partial charge in [-0.3, -0.25) is 14.4 Å². The number of ether oxygens (including phenoxy) is 2. The number of rotatable bonds is 6. The summed E-state index contributed by atoms with van der Waals surface area (Å²) in [6.45, 7) is 8.20. The Morgan fingerprint density at radius 3 is 2.41 bits per heavy atom. The second-order valence-corrected chi connectivity index (χ2v) is 11.2. The number of thioether (sulfide) groups is 1. The number of fused-ring (bicyclic) bond motifs is 1. The van der Waals surface area contributed by atoms with Crippen molar-refractivity contribution in [1.29, 1.82) is 0 Å². The average molecular weight is 464 g/mol. The molecule has 0 saturated carbocycles. The highest BCUT2D eigenvalue weighted by Gasteiger charge is 2.64. The van der Waals surface area contributed by atoms with Crippen molar-refractivity contribution in [3.8, 4) is 0 Å². The molecule has 0 aromatic heterocycles. The predicted octanol–water partition coefficient (Wildman–Crippen LogP) is 1.32. The van der Waals surface area contributed by atoms with Crippen molar-refractivity contribution in [3.05, 3.63) is 35.9 Å². The Kier molecular flexibility index (Phi) is 6.57. The molecule has 1 aromatic carbocycles. The lowest BCUT2D eigenvalue weighted by molar-refractivity contribution is -0.180. The quantitative estimate of drug-likeness (QED) is 0.367. The van der Waals surface area contributed by atoms with E-state index in [0.29, 0.717) is 5.56 Å². The zero-order valence-electron chi connectivity index (χ0n) is 18.8. The zero-order valence-corrected chi connectivity index (χ0v) is 19.6. The fraction of sp³-hybridized carbons (Fsp3) is 0.545. The highest BCUT2D eigenvalue weighted by molar-refractivity contribution is 8.01. The molecule has 0 aliphatic carbocycles. The van der Waals surface area contributed by atoms with Crippen molar-refractivity contribution in [2.75, 3.05) is 6.79 Å². The predicted molar refractivity (Wildman–Crippen MR) is 118 cm³/mol. The standard InChI is InChI=1S/C22H29N3O6S/c1-21(2,3)20(29)31-11-30-19(28)15-22(4,5)32-18-14(17(27)25(15)18)24-16(26)13(23)12-9-7-6-8-10-12/h6-10,13-15,18H,11,23H2,1-5H3,(H,24,26)/t13-,14+,15-,18+/m0/s1. The van der Waals surface area contributed by atoms with E-state index in [2.05, 4.69) is 5.32 Å². The Balaban J connectivity index is 1.61. The number of nitrogens with one attached hydrogen (secondary N) is 1. The fourth-order valence-electron chi connectivity index (χ4n) is 3.62. The molecule has 2 aliphatic heterocycles. The molecule has 1 aromatic rings. The van der Waals surface area contributed by atoms with Gasteiger partial charge in [-0.05, 0) is 40.2 Å². The average Bonchev–Trinajstić information content (AvgIpc) is 2.98. The number of nitrogens with zero attached hydrogens (tertiary/aromatic N) is 1. The lowest BCUT2D eigenvalue weighted by atomic mass is 9.95. The number of hydrogen-bond donors (Lipinski definition) is 2. The van der Waals surface area contributed by atoms with E-state index in [1.165, 1.54) is 16.7 Å². The Morgan fingerprint density at radius 2 is 1.81 bits per heavy atom. The number of amides is 2. The Hall–Kier alpha value is -2.59. The summed E-state index contributed by atoms with van der Waals surface area (Å²) in [6, 6.07) is 6.31. The minimum Gasteiger partial charge on any atom is -0.427 e. The van der Waals surface area contributed by atoms with Crippen molar-refractivity contribution >= 4 is 35.5 Å². The molecule has 2 saturated heterocycles. The number of β-lactam (4-membered cyclic amide) rings is 1. The van der Waals surface area contributed by atoms with Crippen molar-refractivity contribution in [2.24, 2.45) is 11.1 Å². The van der Waals surface area contributed by atoms with E-state index < -0.39 is 58.3 Å². The first-order chi connectivity index (χ1) is 14.8. The van der Waals surface area contributed by atoms with Crippen LogP contribution in [0, 0.1) is 5.41 Å². The summed E-state index contributed by atoms with van der Waals surface area (Å²) in [5, 5.41) is 2.29. The van der Waals surface area contributed by atoms with Gasteiger partial charge in [-0.2, -0.15) is 0 Å². The number of carbonyl (C=O) groups excluding carboxylic acids is 4. The molecule has 2 fully saturated rings. The van der Waals surface area contributed by atoms with Gasteiger partial charge in [-0.25, -0.2) is 4.79 Å². The second-order valence-electron chi connectivity index (χ2n) is 9.40. The molecule has 9 nitrogen and oxygen atoms in total. The van der Waals surface area contributed by atoms with E-state index in [4.69, 9.17) is 15.2 Å². The van der Waals surface area contributed by atoms with Crippen LogP contribution in [0.5, 0.6) is 0 Å². The number of benzene rings is 1. The van der Waals surface area contributed by atoms with Crippen LogP contribution >= 0.6 is 11.8 Å². The molecule has 2 aliphatic rings. The maximum Gasteiger partial charge on any atom is 0.333 e. The van der Waals surface area contributed by atoms with Gasteiger partial charge in [-0.1, -0.05) is 30.3 Å². The van der Waals surface area contributed by atoms with Crippen LogP contribution in [0.1, 0.15) is 46.2 Å². The van der Waals surface area contributed by atoms with Gasteiger partial charge in [-0.15, -0.1) is 11.8 Å². The molecule has 10 heteroatoms. The van der Waals surface area contributed by atoms with Crippen LogP contribution in [-0.2, 0) is 28.7 Å². The van der Waals surface area contributed by atoms with E-state index in [1.54, 1.807) is 45.0 Å². The van der Waals surface area contributed by atoms with Crippen molar-refractivity contribution in [3.63, 3.8) is 0 Å². The van der Waals surface area contributed by atoms with Crippen LogP contribution in [0.4, 0.5) is 0 Å². The van der Waals surface area contributed by atoms with Crippen LogP contribution in [0.15, 0.2) is 30.3 Å². The highest BCUT2D eigenvalue weighted by Crippen LogP contribution is 2.51. The molecule has 3 N–H and O–H groups in total. The van der Waals surface area contributed by atoms with Gasteiger partial charge in [0.15, 0.2) is 0 Å². The van der Waals surface area contributed by atoms with Gasteiger partial charge < -0.3 is 25.4 Å². The van der Waals surface area contributed by atoms with E-state index >= 15 is 0 Å². The van der Waals surface area contributed by atoms with Gasteiger partial charge in [0.2, 0.25) is 18.6 Å². The van der Waals surface area contributed by atoms with Gasteiger partial charge >= 0.3 is 11.9 Å². The summed E-state index contributed by atoms with van der Waals surface area (Å²) in [6.07, 6.45) is 0. The van der Waals surface area contributed by atoms with Gasteiger partial charge in [0, 0.05) is 4.75 Å². The molecule has 0 unspecified atom stereocenters. The van der Waals surface area contributed by atoms with Crippen LogP contribution < -0.4 is 11.1 Å². The Labute approximate surface area is 191 Å². The summed E-state index contributed by atoms with van der Waals surface area (Å²) in [5.74, 6) is -2.00. The van der Waals surface area contributed by atoms with Crippen LogP contribution in [0.2, 0.25) is 0 Å². The number of nitrogens with two attached hydrogens (primary N) is 1. The molecule has 32 heavy (non-hydrogen) atoms. The van der Waals surface area contributed by atoms with E-state index in [9.17, 15) is 19.2 Å².